The number of nitrogens with two attached hydrogens (primary N) is 1. The summed E-state index contributed by atoms with van der Waals surface area (Å²) in [5, 5.41) is 9.51. The van der Waals surface area contributed by atoms with E-state index in [0.29, 0.717) is 13.1 Å². The third-order valence-corrected chi connectivity index (χ3v) is 3.20. The Morgan fingerprint density at radius 3 is 2.57 bits per heavy atom. The maximum atomic E-state index is 11.8. The lowest BCUT2D eigenvalue weighted by molar-refractivity contribution is -0.156. The Morgan fingerprint density at radius 2 is 2.14 bits per heavy atom. The Kier molecular flexibility index (Phi) is 2.27. The molecule has 2 unspecified atom stereocenters. The fraction of sp³-hybridized carbons (Fsp3) is 0.900. The van der Waals surface area contributed by atoms with Crippen LogP contribution in [0.2, 0.25) is 0 Å². The van der Waals surface area contributed by atoms with Crippen LogP contribution in [0.15, 0.2) is 0 Å². The number of amides is 1. The minimum absolute atomic E-state index is 0.112. The van der Waals surface area contributed by atoms with E-state index in [0.717, 1.165) is 19.3 Å². The molecule has 0 bridgehead atoms. The molecule has 4 nitrogen and oxygen atoms in total. The van der Waals surface area contributed by atoms with Crippen LogP contribution in [0.25, 0.3) is 0 Å². The van der Waals surface area contributed by atoms with Crippen LogP contribution in [0.5, 0.6) is 0 Å². The first kappa shape index (κ1) is 9.93. The SMILES string of the molecule is CC1(O)CN(C(=O)C2CCC(N)C2)C1. The van der Waals surface area contributed by atoms with Gasteiger partial charge in [-0.1, -0.05) is 0 Å². The number of likely N-dealkylation sites (tertiary alicyclic amines) is 1. The van der Waals surface area contributed by atoms with Gasteiger partial charge < -0.3 is 15.7 Å². The highest BCUT2D eigenvalue weighted by atomic mass is 16.3. The zero-order chi connectivity index (χ0) is 10.3. The first-order valence-corrected chi connectivity index (χ1v) is 5.25. The topological polar surface area (TPSA) is 66.6 Å². The van der Waals surface area contributed by atoms with Gasteiger partial charge in [-0.2, -0.15) is 0 Å². The molecule has 0 aromatic carbocycles. The van der Waals surface area contributed by atoms with Gasteiger partial charge in [-0.15, -0.1) is 0 Å². The second kappa shape index (κ2) is 3.21. The van der Waals surface area contributed by atoms with Crippen molar-refractivity contribution in [2.24, 2.45) is 11.7 Å². The van der Waals surface area contributed by atoms with E-state index in [-0.39, 0.29) is 17.9 Å². The standard InChI is InChI=1S/C10H18N2O2/c1-10(14)5-12(6-10)9(13)7-2-3-8(11)4-7/h7-8,14H,2-6,11H2,1H3. The third kappa shape index (κ3) is 1.77. The van der Waals surface area contributed by atoms with Gasteiger partial charge in [0, 0.05) is 12.0 Å². The van der Waals surface area contributed by atoms with Gasteiger partial charge in [-0.25, -0.2) is 0 Å². The molecule has 2 fully saturated rings. The maximum Gasteiger partial charge on any atom is 0.225 e. The minimum atomic E-state index is -0.656. The average Bonchev–Trinajstić information content (AvgIpc) is 2.46. The Labute approximate surface area is 84.1 Å². The highest BCUT2D eigenvalue weighted by molar-refractivity contribution is 5.80. The number of nitrogens with zero attached hydrogens (tertiary/aromatic N) is 1. The first-order chi connectivity index (χ1) is 6.48. The summed E-state index contributed by atoms with van der Waals surface area (Å²) in [7, 11) is 0. The summed E-state index contributed by atoms with van der Waals surface area (Å²) < 4.78 is 0. The molecule has 2 aliphatic rings. The van der Waals surface area contributed by atoms with Gasteiger partial charge in [0.1, 0.15) is 0 Å². The van der Waals surface area contributed by atoms with Crippen molar-refractivity contribution >= 4 is 5.91 Å². The average molecular weight is 198 g/mol. The van der Waals surface area contributed by atoms with Gasteiger partial charge in [0.2, 0.25) is 5.91 Å². The van der Waals surface area contributed by atoms with Crippen LogP contribution in [0, 0.1) is 5.92 Å². The molecule has 80 valence electrons. The van der Waals surface area contributed by atoms with E-state index in [2.05, 4.69) is 0 Å². The molecule has 1 aliphatic carbocycles. The fourth-order valence-electron chi connectivity index (χ4n) is 2.43. The molecule has 2 rings (SSSR count). The minimum Gasteiger partial charge on any atom is -0.386 e. The highest BCUT2D eigenvalue weighted by Crippen LogP contribution is 2.29. The van der Waals surface area contributed by atoms with Crippen LogP contribution < -0.4 is 5.73 Å². The van der Waals surface area contributed by atoms with E-state index in [1.54, 1.807) is 11.8 Å². The van der Waals surface area contributed by atoms with Crippen molar-refractivity contribution < 1.29 is 9.90 Å². The lowest BCUT2D eigenvalue weighted by atomic mass is 9.94. The second-order valence-corrected chi connectivity index (χ2v) is 4.96. The molecule has 14 heavy (non-hydrogen) atoms. The molecule has 1 aliphatic heterocycles. The summed E-state index contributed by atoms with van der Waals surface area (Å²) in [5.74, 6) is 0.297. The van der Waals surface area contributed by atoms with Gasteiger partial charge >= 0.3 is 0 Å². The normalized spacial score (nSPS) is 35.5. The van der Waals surface area contributed by atoms with Crippen molar-refractivity contribution in [2.45, 2.75) is 37.8 Å². The molecule has 2 atom stereocenters. The molecule has 0 spiro atoms. The summed E-state index contributed by atoms with van der Waals surface area (Å²) in [6.07, 6.45) is 2.69. The molecular weight excluding hydrogens is 180 g/mol. The van der Waals surface area contributed by atoms with Crippen molar-refractivity contribution in [1.29, 1.82) is 0 Å². The number of hydrogen-bond acceptors (Lipinski definition) is 3. The molecule has 1 amide bonds. The van der Waals surface area contributed by atoms with Gasteiger partial charge in [0.15, 0.2) is 0 Å². The largest absolute Gasteiger partial charge is 0.386 e. The van der Waals surface area contributed by atoms with Crippen LogP contribution >= 0.6 is 0 Å². The molecule has 3 N–H and O–H groups in total. The highest BCUT2D eigenvalue weighted by Gasteiger charge is 2.42. The third-order valence-electron chi connectivity index (χ3n) is 3.20. The zero-order valence-corrected chi connectivity index (χ0v) is 8.57. The van der Waals surface area contributed by atoms with Crippen LogP contribution in [0.3, 0.4) is 0 Å². The van der Waals surface area contributed by atoms with E-state index < -0.39 is 5.60 Å². The molecule has 1 saturated heterocycles. The molecule has 0 aromatic rings. The second-order valence-electron chi connectivity index (χ2n) is 4.96. The van der Waals surface area contributed by atoms with Crippen LogP contribution in [-0.4, -0.2) is 40.6 Å². The molecule has 4 heteroatoms. The van der Waals surface area contributed by atoms with Crippen LogP contribution in [-0.2, 0) is 4.79 Å². The Morgan fingerprint density at radius 1 is 1.50 bits per heavy atom. The summed E-state index contributed by atoms with van der Waals surface area (Å²) in [4.78, 5) is 13.6. The van der Waals surface area contributed by atoms with Crippen molar-refractivity contribution in [2.75, 3.05) is 13.1 Å². The maximum absolute atomic E-state index is 11.8. The lowest BCUT2D eigenvalue weighted by Gasteiger charge is -2.45. The Bertz CT molecular complexity index is 245. The molecule has 1 heterocycles. The van der Waals surface area contributed by atoms with Crippen molar-refractivity contribution in [3.63, 3.8) is 0 Å². The van der Waals surface area contributed by atoms with Gasteiger partial charge in [0.05, 0.1) is 18.7 Å². The lowest BCUT2D eigenvalue weighted by Crippen LogP contribution is -2.62. The number of carbonyl (C=O) groups excluding carboxylic acids is 1. The molecule has 0 radical (unpaired) electrons. The van der Waals surface area contributed by atoms with E-state index >= 15 is 0 Å². The van der Waals surface area contributed by atoms with Gasteiger partial charge in [0.25, 0.3) is 0 Å². The Hall–Kier alpha value is -0.610. The van der Waals surface area contributed by atoms with Gasteiger partial charge in [-0.3, -0.25) is 4.79 Å². The van der Waals surface area contributed by atoms with E-state index in [4.69, 9.17) is 5.73 Å². The van der Waals surface area contributed by atoms with E-state index in [1.807, 2.05) is 0 Å². The fourth-order valence-corrected chi connectivity index (χ4v) is 2.43. The number of hydrogen-bond donors (Lipinski definition) is 2. The summed E-state index contributed by atoms with van der Waals surface area (Å²) in [6, 6.07) is 0.200. The smallest absolute Gasteiger partial charge is 0.225 e. The number of carbonyl (C=O) groups is 1. The Balaban J connectivity index is 1.85. The van der Waals surface area contributed by atoms with E-state index in [1.165, 1.54) is 0 Å². The predicted molar refractivity (Wildman–Crippen MR) is 52.5 cm³/mol. The molecule has 0 aromatic heterocycles. The van der Waals surface area contributed by atoms with E-state index in [9.17, 15) is 9.90 Å². The molecular formula is C10H18N2O2. The van der Waals surface area contributed by atoms with Crippen molar-refractivity contribution in [3.05, 3.63) is 0 Å². The van der Waals surface area contributed by atoms with Gasteiger partial charge in [-0.05, 0) is 26.2 Å². The first-order valence-electron chi connectivity index (χ1n) is 5.25. The van der Waals surface area contributed by atoms with Crippen molar-refractivity contribution in [3.8, 4) is 0 Å². The number of rotatable bonds is 1. The predicted octanol–water partition coefficient (Wildman–Crippen LogP) is -0.293. The monoisotopic (exact) mass is 198 g/mol. The number of aliphatic hydroxyl groups is 1. The number of β-amino-alcohol motifs (C(OH)–C–C–N with tert-alkyl or cyclic N) is 1. The molecule has 1 saturated carbocycles. The zero-order valence-electron chi connectivity index (χ0n) is 8.57. The van der Waals surface area contributed by atoms with Crippen molar-refractivity contribution in [1.82, 2.24) is 4.90 Å². The summed E-state index contributed by atoms with van der Waals surface area (Å²) in [6.45, 7) is 2.73. The summed E-state index contributed by atoms with van der Waals surface area (Å²) in [5.41, 5.74) is 5.10. The quantitative estimate of drug-likeness (QED) is 0.608. The van der Waals surface area contributed by atoms with Crippen LogP contribution in [0.1, 0.15) is 26.2 Å². The van der Waals surface area contributed by atoms with Crippen LogP contribution in [0.4, 0.5) is 0 Å². The summed E-state index contributed by atoms with van der Waals surface area (Å²) >= 11 is 0.